The average molecular weight is 340 g/mol. The Bertz CT molecular complexity index is 660. The zero-order valence-corrected chi connectivity index (χ0v) is 14.7. The lowest BCUT2D eigenvalue weighted by Crippen LogP contribution is -2.52. The van der Waals surface area contributed by atoms with Crippen LogP contribution in [0.2, 0.25) is 0 Å². The molecule has 1 atom stereocenters. The van der Waals surface area contributed by atoms with Crippen molar-refractivity contribution in [1.82, 2.24) is 9.21 Å². The number of methoxy groups -OCH3 is 1. The van der Waals surface area contributed by atoms with E-state index in [0.29, 0.717) is 31.8 Å². The van der Waals surface area contributed by atoms with Crippen molar-refractivity contribution in [2.75, 3.05) is 32.5 Å². The summed E-state index contributed by atoms with van der Waals surface area (Å²) in [6.45, 7) is 4.43. The Morgan fingerprint density at radius 2 is 2.00 bits per heavy atom. The third-order valence-corrected chi connectivity index (χ3v) is 6.17. The largest absolute Gasteiger partial charge is 0.496 e. The monoisotopic (exact) mass is 340 g/mol. The van der Waals surface area contributed by atoms with E-state index in [2.05, 4.69) is 0 Å². The first kappa shape index (κ1) is 17.7. The first-order valence-corrected chi connectivity index (χ1v) is 9.39. The highest BCUT2D eigenvalue weighted by atomic mass is 32.2. The van der Waals surface area contributed by atoms with E-state index >= 15 is 0 Å². The minimum Gasteiger partial charge on any atom is -0.496 e. The number of amides is 1. The third-order valence-electron chi connectivity index (χ3n) is 4.09. The molecule has 0 aromatic heterocycles. The predicted octanol–water partition coefficient (Wildman–Crippen LogP) is 1.64. The summed E-state index contributed by atoms with van der Waals surface area (Å²) >= 11 is 0. The van der Waals surface area contributed by atoms with Gasteiger partial charge in [-0.1, -0.05) is 25.1 Å². The minimum absolute atomic E-state index is 0.0440. The number of carbonyl (C=O) groups is 1. The number of hydrogen-bond donors (Lipinski definition) is 0. The molecule has 0 aliphatic carbocycles. The second-order valence-electron chi connectivity index (χ2n) is 5.65. The van der Waals surface area contributed by atoms with Gasteiger partial charge in [0.25, 0.3) is 0 Å². The molecule has 1 aromatic carbocycles. The molecule has 128 valence electrons. The fourth-order valence-electron chi connectivity index (χ4n) is 2.96. The van der Waals surface area contributed by atoms with Gasteiger partial charge in [-0.15, -0.1) is 0 Å². The lowest BCUT2D eigenvalue weighted by atomic mass is 10.0. The summed E-state index contributed by atoms with van der Waals surface area (Å²) in [6.07, 6.45) is 0.563. The van der Waals surface area contributed by atoms with Crippen LogP contribution in [-0.4, -0.2) is 56.0 Å². The van der Waals surface area contributed by atoms with Gasteiger partial charge < -0.3 is 9.64 Å². The molecule has 1 aromatic rings. The topological polar surface area (TPSA) is 66.9 Å². The van der Waals surface area contributed by atoms with Crippen molar-refractivity contribution in [1.29, 1.82) is 0 Å². The Hall–Kier alpha value is -1.60. The van der Waals surface area contributed by atoms with Crippen LogP contribution in [0.5, 0.6) is 5.75 Å². The number of rotatable bonds is 5. The SMILES string of the molecule is CCCS(=O)(=O)N1CCN(C(C)=O)C[C@@H]1c1ccccc1OC. The van der Waals surface area contributed by atoms with Gasteiger partial charge in [-0.3, -0.25) is 4.79 Å². The average Bonchev–Trinajstić information content (AvgIpc) is 2.54. The van der Waals surface area contributed by atoms with E-state index in [-0.39, 0.29) is 11.7 Å². The van der Waals surface area contributed by atoms with Gasteiger partial charge in [0.2, 0.25) is 15.9 Å². The van der Waals surface area contributed by atoms with Crippen LogP contribution >= 0.6 is 0 Å². The molecule has 1 amide bonds. The van der Waals surface area contributed by atoms with Crippen molar-refractivity contribution in [3.8, 4) is 5.75 Å². The van der Waals surface area contributed by atoms with Gasteiger partial charge >= 0.3 is 0 Å². The third kappa shape index (κ3) is 3.84. The Morgan fingerprint density at radius 3 is 2.61 bits per heavy atom. The maximum atomic E-state index is 12.6. The molecule has 0 spiro atoms. The van der Waals surface area contributed by atoms with Gasteiger partial charge in [-0.05, 0) is 12.5 Å². The maximum Gasteiger partial charge on any atom is 0.219 e. The normalized spacial score (nSPS) is 19.6. The van der Waals surface area contributed by atoms with E-state index < -0.39 is 16.1 Å². The zero-order valence-electron chi connectivity index (χ0n) is 13.9. The van der Waals surface area contributed by atoms with E-state index in [1.165, 1.54) is 11.2 Å². The summed E-state index contributed by atoms with van der Waals surface area (Å²) in [7, 11) is -1.80. The van der Waals surface area contributed by atoms with Crippen LogP contribution in [0.25, 0.3) is 0 Å². The Labute approximate surface area is 138 Å². The summed E-state index contributed by atoms with van der Waals surface area (Å²) in [4.78, 5) is 13.4. The highest BCUT2D eigenvalue weighted by molar-refractivity contribution is 7.89. The van der Waals surface area contributed by atoms with Crippen LogP contribution in [-0.2, 0) is 14.8 Å². The molecule has 0 unspecified atom stereocenters. The number of hydrogen-bond acceptors (Lipinski definition) is 4. The lowest BCUT2D eigenvalue weighted by molar-refractivity contribution is -0.131. The minimum atomic E-state index is -3.37. The standard InChI is InChI=1S/C16H24N2O4S/c1-4-11-23(20,21)18-10-9-17(13(2)19)12-15(18)14-7-5-6-8-16(14)22-3/h5-8,15H,4,9-12H2,1-3H3/t15-/m1/s1. The molecule has 23 heavy (non-hydrogen) atoms. The number of piperazine rings is 1. The molecule has 1 saturated heterocycles. The fourth-order valence-corrected chi connectivity index (χ4v) is 4.63. The first-order valence-electron chi connectivity index (χ1n) is 7.78. The van der Waals surface area contributed by atoms with E-state index in [4.69, 9.17) is 4.74 Å². The highest BCUT2D eigenvalue weighted by Gasteiger charge is 2.37. The molecule has 0 bridgehead atoms. The van der Waals surface area contributed by atoms with E-state index in [0.717, 1.165) is 5.56 Å². The number of nitrogens with zero attached hydrogens (tertiary/aromatic N) is 2. The van der Waals surface area contributed by atoms with Gasteiger partial charge in [-0.2, -0.15) is 4.31 Å². The number of para-hydroxylation sites is 1. The molecule has 1 heterocycles. The number of carbonyl (C=O) groups excluding carboxylic acids is 1. The van der Waals surface area contributed by atoms with Crippen LogP contribution in [0.3, 0.4) is 0 Å². The van der Waals surface area contributed by atoms with Crippen molar-refractivity contribution in [2.45, 2.75) is 26.3 Å². The van der Waals surface area contributed by atoms with Gasteiger partial charge in [-0.25, -0.2) is 8.42 Å². The summed E-state index contributed by atoms with van der Waals surface area (Å²) in [5.74, 6) is 0.704. The van der Waals surface area contributed by atoms with Gasteiger partial charge in [0.1, 0.15) is 5.75 Å². The second kappa shape index (κ2) is 7.31. The zero-order chi connectivity index (χ0) is 17.0. The molecular formula is C16H24N2O4S. The molecule has 1 fully saturated rings. The highest BCUT2D eigenvalue weighted by Crippen LogP contribution is 2.34. The quantitative estimate of drug-likeness (QED) is 0.817. The maximum absolute atomic E-state index is 12.6. The summed E-state index contributed by atoms with van der Waals surface area (Å²) < 4.78 is 32.2. The van der Waals surface area contributed by atoms with Crippen LogP contribution in [0.1, 0.15) is 31.9 Å². The molecular weight excluding hydrogens is 316 g/mol. The Balaban J connectivity index is 2.43. The van der Waals surface area contributed by atoms with Crippen LogP contribution in [0, 0.1) is 0 Å². The fraction of sp³-hybridized carbons (Fsp3) is 0.562. The summed E-state index contributed by atoms with van der Waals surface area (Å²) in [5, 5.41) is 0. The van der Waals surface area contributed by atoms with Crippen LogP contribution in [0.15, 0.2) is 24.3 Å². The molecule has 2 rings (SSSR count). The van der Waals surface area contributed by atoms with Crippen molar-refractivity contribution < 1.29 is 17.9 Å². The van der Waals surface area contributed by atoms with E-state index in [9.17, 15) is 13.2 Å². The molecule has 0 radical (unpaired) electrons. The summed E-state index contributed by atoms with van der Waals surface area (Å²) in [6, 6.07) is 6.96. The lowest BCUT2D eigenvalue weighted by Gasteiger charge is -2.40. The summed E-state index contributed by atoms with van der Waals surface area (Å²) in [5.41, 5.74) is 0.792. The number of sulfonamides is 1. The Morgan fingerprint density at radius 1 is 1.30 bits per heavy atom. The van der Waals surface area contributed by atoms with Gasteiger partial charge in [0.15, 0.2) is 0 Å². The van der Waals surface area contributed by atoms with Crippen molar-refractivity contribution in [2.24, 2.45) is 0 Å². The molecule has 0 N–H and O–H groups in total. The van der Waals surface area contributed by atoms with E-state index in [1.807, 2.05) is 31.2 Å². The first-order chi connectivity index (χ1) is 10.9. The van der Waals surface area contributed by atoms with Crippen molar-refractivity contribution >= 4 is 15.9 Å². The van der Waals surface area contributed by atoms with Crippen LogP contribution < -0.4 is 4.74 Å². The van der Waals surface area contributed by atoms with E-state index in [1.54, 1.807) is 12.0 Å². The van der Waals surface area contributed by atoms with Crippen molar-refractivity contribution in [3.63, 3.8) is 0 Å². The van der Waals surface area contributed by atoms with Crippen molar-refractivity contribution in [3.05, 3.63) is 29.8 Å². The van der Waals surface area contributed by atoms with Gasteiger partial charge in [0.05, 0.1) is 18.9 Å². The second-order valence-corrected chi connectivity index (χ2v) is 7.69. The molecule has 0 saturated carbocycles. The van der Waals surface area contributed by atoms with Gasteiger partial charge in [0, 0.05) is 32.1 Å². The molecule has 7 heteroatoms. The predicted molar refractivity (Wildman–Crippen MR) is 88.8 cm³/mol. The smallest absolute Gasteiger partial charge is 0.219 e. The Kier molecular flexibility index (Phi) is 5.64. The van der Waals surface area contributed by atoms with Crippen LogP contribution in [0.4, 0.5) is 0 Å². The number of ether oxygens (including phenoxy) is 1. The molecule has 1 aliphatic rings. The molecule has 6 nitrogen and oxygen atoms in total. The number of benzene rings is 1. The molecule has 1 aliphatic heterocycles.